The van der Waals surface area contributed by atoms with E-state index in [9.17, 15) is 22.8 Å². The number of carbonyl (C=O) groups excluding carboxylic acids is 3. The van der Waals surface area contributed by atoms with E-state index in [1.807, 2.05) is 30.3 Å². The molecule has 39 heavy (non-hydrogen) atoms. The van der Waals surface area contributed by atoms with Crippen molar-refractivity contribution < 1.29 is 32.3 Å². The number of hydrogen-bond acceptors (Lipinski definition) is 7. The standard InChI is InChI=1S/C28H35N3O7S/c1-28(2,3)38-26(33)29-21-17-25(32)31(18-21)22-9-11-23(12-10-22)39(35,36)24-13-15-30(16-14-24)27(34)37-19-20-7-5-4-6-8-20/h4-12,21,24H,13-19H2,1-3H3,(H,29,33)/t21-/m1/s1. The van der Waals surface area contributed by atoms with Gasteiger partial charge in [-0.3, -0.25) is 4.79 Å². The summed E-state index contributed by atoms with van der Waals surface area (Å²) in [6.45, 7) is 6.31. The predicted octanol–water partition coefficient (Wildman–Crippen LogP) is 3.89. The van der Waals surface area contributed by atoms with E-state index in [1.165, 1.54) is 17.0 Å². The van der Waals surface area contributed by atoms with Crippen LogP contribution in [0.15, 0.2) is 59.5 Å². The number of nitrogens with zero attached hydrogens (tertiary/aromatic N) is 2. The van der Waals surface area contributed by atoms with Crippen molar-refractivity contribution in [1.82, 2.24) is 10.2 Å². The highest BCUT2D eigenvalue weighted by atomic mass is 32.2. The number of anilines is 1. The fourth-order valence-corrected chi connectivity index (χ4v) is 6.43. The monoisotopic (exact) mass is 557 g/mol. The molecule has 0 bridgehead atoms. The Balaban J connectivity index is 1.30. The molecule has 4 rings (SSSR count). The van der Waals surface area contributed by atoms with Crippen LogP contribution in [0.25, 0.3) is 0 Å². The highest BCUT2D eigenvalue weighted by Gasteiger charge is 2.35. The van der Waals surface area contributed by atoms with Crippen LogP contribution in [-0.4, -0.2) is 67.9 Å². The minimum Gasteiger partial charge on any atom is -0.445 e. The highest BCUT2D eigenvalue weighted by Crippen LogP contribution is 2.28. The van der Waals surface area contributed by atoms with Crippen molar-refractivity contribution in [3.05, 3.63) is 60.2 Å². The second-order valence-corrected chi connectivity index (χ2v) is 13.0. The van der Waals surface area contributed by atoms with Gasteiger partial charge in [-0.05, 0) is 63.4 Å². The van der Waals surface area contributed by atoms with E-state index in [0.717, 1.165) is 5.56 Å². The Morgan fingerprint density at radius 1 is 1.00 bits per heavy atom. The van der Waals surface area contributed by atoms with Crippen LogP contribution in [0, 0.1) is 0 Å². The fourth-order valence-electron chi connectivity index (χ4n) is 4.70. The van der Waals surface area contributed by atoms with Crippen LogP contribution in [0.5, 0.6) is 0 Å². The van der Waals surface area contributed by atoms with E-state index >= 15 is 0 Å². The van der Waals surface area contributed by atoms with Crippen LogP contribution in [0.3, 0.4) is 0 Å². The van der Waals surface area contributed by atoms with Gasteiger partial charge in [-0.2, -0.15) is 0 Å². The minimum atomic E-state index is -3.62. The maximum Gasteiger partial charge on any atom is 0.410 e. The van der Waals surface area contributed by atoms with Gasteiger partial charge in [0.15, 0.2) is 9.84 Å². The van der Waals surface area contributed by atoms with Crippen molar-refractivity contribution in [3.8, 4) is 0 Å². The van der Waals surface area contributed by atoms with Gasteiger partial charge in [0.2, 0.25) is 5.91 Å². The van der Waals surface area contributed by atoms with Crippen LogP contribution < -0.4 is 10.2 Å². The molecule has 10 nitrogen and oxygen atoms in total. The average Bonchev–Trinajstić information content (AvgIpc) is 3.26. The van der Waals surface area contributed by atoms with Gasteiger partial charge in [0, 0.05) is 31.7 Å². The van der Waals surface area contributed by atoms with Crippen LogP contribution in [0.2, 0.25) is 0 Å². The van der Waals surface area contributed by atoms with E-state index < -0.39 is 38.9 Å². The molecule has 11 heteroatoms. The highest BCUT2D eigenvalue weighted by molar-refractivity contribution is 7.92. The molecular weight excluding hydrogens is 522 g/mol. The number of benzene rings is 2. The third-order valence-electron chi connectivity index (χ3n) is 6.67. The second kappa shape index (κ2) is 11.6. The molecule has 2 aromatic carbocycles. The fraction of sp³-hybridized carbons (Fsp3) is 0.464. The van der Waals surface area contributed by atoms with E-state index in [0.29, 0.717) is 31.6 Å². The molecule has 1 N–H and O–H groups in total. The average molecular weight is 558 g/mol. The lowest BCUT2D eigenvalue weighted by Gasteiger charge is -2.31. The first-order valence-corrected chi connectivity index (χ1v) is 14.6. The van der Waals surface area contributed by atoms with Gasteiger partial charge in [-0.15, -0.1) is 0 Å². The minimum absolute atomic E-state index is 0.131. The Labute approximate surface area is 229 Å². The molecule has 1 atom stereocenters. The van der Waals surface area contributed by atoms with Gasteiger partial charge in [-0.1, -0.05) is 30.3 Å². The summed E-state index contributed by atoms with van der Waals surface area (Å²) in [5.41, 5.74) is 0.802. The third kappa shape index (κ3) is 7.29. The number of amides is 3. The summed E-state index contributed by atoms with van der Waals surface area (Å²) in [5.74, 6) is -0.168. The lowest BCUT2D eigenvalue weighted by atomic mass is 10.1. The Hall–Kier alpha value is -3.60. The molecule has 210 valence electrons. The SMILES string of the molecule is CC(C)(C)OC(=O)N[C@@H]1CC(=O)N(c2ccc(S(=O)(=O)C3CCN(C(=O)OCc4ccccc4)CC3)cc2)C1. The number of sulfone groups is 1. The number of carbonyl (C=O) groups is 3. The van der Waals surface area contributed by atoms with E-state index in [-0.39, 0.29) is 30.4 Å². The van der Waals surface area contributed by atoms with Crippen molar-refractivity contribution in [1.29, 1.82) is 0 Å². The van der Waals surface area contributed by atoms with Crippen LogP contribution in [-0.2, 0) is 30.7 Å². The van der Waals surface area contributed by atoms with Gasteiger partial charge < -0.3 is 24.6 Å². The Morgan fingerprint density at radius 2 is 1.64 bits per heavy atom. The second-order valence-electron chi connectivity index (χ2n) is 10.8. The van der Waals surface area contributed by atoms with Crippen molar-refractivity contribution in [2.45, 2.75) is 68.4 Å². The van der Waals surface area contributed by atoms with Gasteiger partial charge in [0.1, 0.15) is 12.2 Å². The summed E-state index contributed by atoms with van der Waals surface area (Å²) in [5, 5.41) is 2.10. The van der Waals surface area contributed by atoms with Crippen LogP contribution in [0.4, 0.5) is 15.3 Å². The molecule has 2 saturated heterocycles. The van der Waals surface area contributed by atoms with Gasteiger partial charge >= 0.3 is 12.2 Å². The lowest BCUT2D eigenvalue weighted by Crippen LogP contribution is -2.42. The smallest absolute Gasteiger partial charge is 0.410 e. The summed E-state index contributed by atoms with van der Waals surface area (Å²) in [6.07, 6.45) is -0.278. The van der Waals surface area contributed by atoms with Gasteiger partial charge in [0.25, 0.3) is 0 Å². The number of nitrogens with one attached hydrogen (secondary N) is 1. The first kappa shape index (κ1) is 28.4. The number of piperidine rings is 1. The molecule has 2 fully saturated rings. The number of alkyl carbamates (subject to hydrolysis) is 1. The topological polar surface area (TPSA) is 122 Å². The van der Waals surface area contributed by atoms with Crippen molar-refractivity contribution in [2.75, 3.05) is 24.5 Å². The molecule has 3 amide bonds. The van der Waals surface area contributed by atoms with E-state index in [4.69, 9.17) is 9.47 Å². The number of ether oxygens (including phenoxy) is 2. The molecule has 0 saturated carbocycles. The van der Waals surface area contributed by atoms with Crippen molar-refractivity contribution >= 4 is 33.6 Å². The first-order chi connectivity index (χ1) is 18.4. The molecule has 0 unspecified atom stereocenters. The van der Waals surface area contributed by atoms with Crippen molar-refractivity contribution in [2.24, 2.45) is 0 Å². The molecule has 0 aliphatic carbocycles. The number of rotatable bonds is 6. The third-order valence-corrected chi connectivity index (χ3v) is 8.95. The number of likely N-dealkylation sites (tertiary alicyclic amines) is 1. The molecule has 0 spiro atoms. The summed E-state index contributed by atoms with van der Waals surface area (Å²) in [4.78, 5) is 40.3. The summed E-state index contributed by atoms with van der Waals surface area (Å²) in [7, 11) is -3.62. The van der Waals surface area contributed by atoms with Crippen LogP contribution >= 0.6 is 0 Å². The Bertz CT molecular complexity index is 1280. The zero-order valence-electron chi connectivity index (χ0n) is 22.5. The first-order valence-electron chi connectivity index (χ1n) is 13.0. The zero-order chi connectivity index (χ0) is 28.2. The molecule has 0 aromatic heterocycles. The summed E-state index contributed by atoms with van der Waals surface area (Å²) >= 11 is 0. The maximum absolute atomic E-state index is 13.3. The molecule has 2 aliphatic heterocycles. The van der Waals surface area contributed by atoms with Crippen molar-refractivity contribution in [3.63, 3.8) is 0 Å². The van der Waals surface area contributed by atoms with Gasteiger partial charge in [-0.25, -0.2) is 18.0 Å². The normalized spacial score (nSPS) is 18.6. The Morgan fingerprint density at radius 3 is 2.26 bits per heavy atom. The van der Waals surface area contributed by atoms with E-state index in [2.05, 4.69) is 5.32 Å². The zero-order valence-corrected chi connectivity index (χ0v) is 23.3. The molecule has 2 heterocycles. The maximum atomic E-state index is 13.3. The molecule has 0 radical (unpaired) electrons. The largest absolute Gasteiger partial charge is 0.445 e. The van der Waals surface area contributed by atoms with E-state index in [1.54, 1.807) is 37.8 Å². The lowest BCUT2D eigenvalue weighted by molar-refractivity contribution is -0.117. The predicted molar refractivity (Wildman–Crippen MR) is 145 cm³/mol. The Kier molecular flexibility index (Phi) is 8.48. The molecule has 2 aromatic rings. The summed E-state index contributed by atoms with van der Waals surface area (Å²) < 4.78 is 37.2. The summed E-state index contributed by atoms with van der Waals surface area (Å²) in [6, 6.07) is 15.2. The quantitative estimate of drug-likeness (QED) is 0.572. The molecule has 2 aliphatic rings. The molecular formula is C28H35N3O7S. The number of hydrogen-bond donors (Lipinski definition) is 1. The van der Waals surface area contributed by atoms with Gasteiger partial charge in [0.05, 0.1) is 16.2 Å². The van der Waals surface area contributed by atoms with Crippen LogP contribution in [0.1, 0.15) is 45.6 Å².